The molecule has 3 aromatic carbocycles. The highest BCUT2D eigenvalue weighted by Crippen LogP contribution is 2.22. The van der Waals surface area contributed by atoms with Crippen molar-refractivity contribution in [3.8, 4) is 28.7 Å². The minimum Gasteiger partial charge on any atom is -0.497 e. The van der Waals surface area contributed by atoms with Crippen molar-refractivity contribution in [3.05, 3.63) is 96.4 Å². The first-order valence-electron chi connectivity index (χ1n) is 11.3. The van der Waals surface area contributed by atoms with Gasteiger partial charge in [0, 0.05) is 35.7 Å². The molecule has 0 aliphatic carbocycles. The van der Waals surface area contributed by atoms with Crippen LogP contribution in [0.25, 0.3) is 23.0 Å². The fourth-order valence-corrected chi connectivity index (χ4v) is 3.60. The van der Waals surface area contributed by atoms with Gasteiger partial charge in [-0.3, -0.25) is 0 Å². The normalized spacial score (nSPS) is 10.7. The van der Waals surface area contributed by atoms with Gasteiger partial charge in [0.15, 0.2) is 0 Å². The van der Waals surface area contributed by atoms with E-state index in [0.717, 1.165) is 11.1 Å². The SMILES string of the molecule is COc1cccc(NC(=O)Nc2ccc(Cn3cnc(-c4nc(-c5ccc(C)cc5)no4)c3)cc2)c1. The highest BCUT2D eigenvalue weighted by Gasteiger charge is 2.13. The van der Waals surface area contributed by atoms with Gasteiger partial charge >= 0.3 is 6.03 Å². The lowest BCUT2D eigenvalue weighted by Gasteiger charge is -2.09. The molecule has 0 spiro atoms. The smallest absolute Gasteiger partial charge is 0.323 e. The van der Waals surface area contributed by atoms with Gasteiger partial charge in [-0.2, -0.15) is 4.98 Å². The van der Waals surface area contributed by atoms with Crippen LogP contribution in [0.3, 0.4) is 0 Å². The van der Waals surface area contributed by atoms with Gasteiger partial charge in [0.25, 0.3) is 5.89 Å². The Hall–Kier alpha value is -4.92. The first kappa shape index (κ1) is 22.9. The minimum absolute atomic E-state index is 0.334. The number of aryl methyl sites for hydroxylation is 1. The summed E-state index contributed by atoms with van der Waals surface area (Å²) in [7, 11) is 1.58. The largest absolute Gasteiger partial charge is 0.497 e. The second-order valence-electron chi connectivity index (χ2n) is 8.23. The van der Waals surface area contributed by atoms with Crippen molar-refractivity contribution in [1.82, 2.24) is 19.7 Å². The first-order valence-corrected chi connectivity index (χ1v) is 11.3. The van der Waals surface area contributed by atoms with E-state index in [1.54, 1.807) is 25.6 Å². The van der Waals surface area contributed by atoms with E-state index in [0.29, 0.717) is 41.1 Å². The number of methoxy groups -OCH3 is 1. The summed E-state index contributed by atoms with van der Waals surface area (Å²) < 4.78 is 12.5. The van der Waals surface area contributed by atoms with Gasteiger partial charge in [0.2, 0.25) is 5.82 Å². The van der Waals surface area contributed by atoms with Crippen LogP contribution in [-0.2, 0) is 6.54 Å². The highest BCUT2D eigenvalue weighted by atomic mass is 16.5. The zero-order chi connectivity index (χ0) is 24.9. The van der Waals surface area contributed by atoms with Crippen molar-refractivity contribution in [2.75, 3.05) is 17.7 Å². The monoisotopic (exact) mass is 480 g/mol. The van der Waals surface area contributed by atoms with Crippen LogP contribution < -0.4 is 15.4 Å². The summed E-state index contributed by atoms with van der Waals surface area (Å²) in [4.78, 5) is 21.2. The fraction of sp³-hybridized carbons (Fsp3) is 0.111. The van der Waals surface area contributed by atoms with E-state index < -0.39 is 0 Å². The molecule has 36 heavy (non-hydrogen) atoms. The maximum absolute atomic E-state index is 12.3. The summed E-state index contributed by atoms with van der Waals surface area (Å²) in [6, 6.07) is 22.4. The molecule has 9 nitrogen and oxygen atoms in total. The predicted octanol–water partition coefficient (Wildman–Crippen LogP) is 5.61. The topological polar surface area (TPSA) is 107 Å². The van der Waals surface area contributed by atoms with Gasteiger partial charge in [-0.05, 0) is 36.8 Å². The average Bonchev–Trinajstić information content (AvgIpc) is 3.56. The van der Waals surface area contributed by atoms with Crippen molar-refractivity contribution >= 4 is 17.4 Å². The zero-order valence-corrected chi connectivity index (χ0v) is 19.8. The molecule has 2 heterocycles. The maximum atomic E-state index is 12.3. The molecular weight excluding hydrogens is 456 g/mol. The molecule has 2 N–H and O–H groups in total. The molecule has 0 atom stereocenters. The number of rotatable bonds is 7. The van der Waals surface area contributed by atoms with Crippen LogP contribution in [0.4, 0.5) is 16.2 Å². The molecule has 5 rings (SSSR count). The number of carbonyl (C=O) groups is 1. The summed E-state index contributed by atoms with van der Waals surface area (Å²) in [5.74, 6) is 1.56. The van der Waals surface area contributed by atoms with Gasteiger partial charge in [0.05, 0.1) is 13.4 Å². The molecule has 0 bridgehead atoms. The lowest BCUT2D eigenvalue weighted by Crippen LogP contribution is -2.19. The molecule has 180 valence electrons. The van der Waals surface area contributed by atoms with Crippen molar-refractivity contribution in [2.45, 2.75) is 13.5 Å². The van der Waals surface area contributed by atoms with Gasteiger partial charge in [-0.15, -0.1) is 0 Å². The van der Waals surface area contributed by atoms with E-state index in [1.807, 2.05) is 78.4 Å². The van der Waals surface area contributed by atoms with E-state index in [-0.39, 0.29) is 6.03 Å². The number of urea groups is 1. The zero-order valence-electron chi connectivity index (χ0n) is 19.8. The predicted molar refractivity (Wildman–Crippen MR) is 137 cm³/mol. The number of carbonyl (C=O) groups excluding carboxylic acids is 1. The fourth-order valence-electron chi connectivity index (χ4n) is 3.60. The Morgan fingerprint density at radius 2 is 1.78 bits per heavy atom. The second kappa shape index (κ2) is 10.1. The lowest BCUT2D eigenvalue weighted by atomic mass is 10.1. The minimum atomic E-state index is -0.334. The van der Waals surface area contributed by atoms with Crippen molar-refractivity contribution < 1.29 is 14.1 Å². The molecule has 2 aromatic heterocycles. The van der Waals surface area contributed by atoms with Crippen LogP contribution in [0, 0.1) is 6.92 Å². The summed E-state index contributed by atoms with van der Waals surface area (Å²) in [6.45, 7) is 2.63. The van der Waals surface area contributed by atoms with Crippen LogP contribution in [-0.4, -0.2) is 32.8 Å². The number of amides is 2. The Balaban J connectivity index is 1.19. The molecule has 0 aliphatic heterocycles. The third kappa shape index (κ3) is 5.41. The standard InChI is InChI=1S/C27H24N6O3/c1-18-6-10-20(11-7-18)25-31-26(36-32-25)24-16-33(17-28-24)15-19-8-12-21(13-9-19)29-27(34)30-22-4-3-5-23(14-22)35-2/h3-14,16-17H,15H2,1-2H3,(H2,29,30,34). The molecule has 0 fully saturated rings. The van der Waals surface area contributed by atoms with Crippen LogP contribution in [0.2, 0.25) is 0 Å². The van der Waals surface area contributed by atoms with Crippen LogP contribution >= 0.6 is 0 Å². The Morgan fingerprint density at radius 3 is 2.56 bits per heavy atom. The highest BCUT2D eigenvalue weighted by molar-refractivity contribution is 5.99. The Morgan fingerprint density at radius 1 is 1.00 bits per heavy atom. The van der Waals surface area contributed by atoms with Gasteiger partial charge in [-0.1, -0.05) is 53.2 Å². The molecule has 0 saturated heterocycles. The maximum Gasteiger partial charge on any atom is 0.323 e. The number of ether oxygens (including phenoxy) is 1. The van der Waals surface area contributed by atoms with Gasteiger partial charge in [0.1, 0.15) is 11.4 Å². The first-order chi connectivity index (χ1) is 17.6. The number of benzene rings is 3. The van der Waals surface area contributed by atoms with E-state index in [2.05, 4.69) is 25.8 Å². The number of anilines is 2. The van der Waals surface area contributed by atoms with E-state index >= 15 is 0 Å². The molecule has 0 radical (unpaired) electrons. The molecule has 0 aliphatic rings. The number of imidazole rings is 1. The Bertz CT molecular complexity index is 1470. The number of hydrogen-bond acceptors (Lipinski definition) is 6. The number of hydrogen-bond donors (Lipinski definition) is 2. The summed E-state index contributed by atoms with van der Waals surface area (Å²) in [5, 5.41) is 9.69. The van der Waals surface area contributed by atoms with E-state index in [9.17, 15) is 4.79 Å². The van der Waals surface area contributed by atoms with E-state index in [4.69, 9.17) is 9.26 Å². The van der Waals surface area contributed by atoms with Crippen molar-refractivity contribution in [3.63, 3.8) is 0 Å². The molecule has 9 heteroatoms. The molecule has 0 saturated carbocycles. The van der Waals surface area contributed by atoms with Crippen LogP contribution in [0.15, 0.2) is 89.8 Å². The molecule has 5 aromatic rings. The van der Waals surface area contributed by atoms with E-state index in [1.165, 1.54) is 5.56 Å². The number of nitrogens with zero attached hydrogens (tertiary/aromatic N) is 4. The van der Waals surface area contributed by atoms with Crippen LogP contribution in [0.1, 0.15) is 11.1 Å². The van der Waals surface area contributed by atoms with Crippen molar-refractivity contribution in [2.24, 2.45) is 0 Å². The van der Waals surface area contributed by atoms with Gasteiger partial charge in [-0.25, -0.2) is 9.78 Å². The van der Waals surface area contributed by atoms with Crippen molar-refractivity contribution in [1.29, 1.82) is 0 Å². The van der Waals surface area contributed by atoms with Crippen LogP contribution in [0.5, 0.6) is 5.75 Å². The Labute approximate surface area is 207 Å². The lowest BCUT2D eigenvalue weighted by molar-refractivity contribution is 0.262. The Kier molecular flexibility index (Phi) is 6.44. The quantitative estimate of drug-likeness (QED) is 0.314. The third-order valence-corrected chi connectivity index (χ3v) is 5.49. The number of aromatic nitrogens is 4. The summed E-state index contributed by atoms with van der Waals surface area (Å²) in [6.07, 6.45) is 3.58. The number of nitrogens with one attached hydrogen (secondary N) is 2. The second-order valence-corrected chi connectivity index (χ2v) is 8.23. The third-order valence-electron chi connectivity index (χ3n) is 5.49. The summed E-state index contributed by atoms with van der Waals surface area (Å²) >= 11 is 0. The molecule has 2 amide bonds. The molecule has 0 unspecified atom stereocenters. The van der Waals surface area contributed by atoms with Gasteiger partial charge < -0.3 is 24.5 Å². The average molecular weight is 481 g/mol. The molecular formula is C27H24N6O3. The summed E-state index contributed by atoms with van der Waals surface area (Å²) in [5.41, 5.74) is 5.03.